The third kappa shape index (κ3) is 4.65. The second-order valence-electron chi connectivity index (χ2n) is 5.77. The molecule has 0 unspecified atom stereocenters. The summed E-state index contributed by atoms with van der Waals surface area (Å²) >= 11 is 0. The predicted molar refractivity (Wildman–Crippen MR) is 86.5 cm³/mol. The molecule has 0 aliphatic rings. The van der Waals surface area contributed by atoms with Crippen molar-refractivity contribution < 1.29 is 18.3 Å². The number of hydrogen-bond donors (Lipinski definition) is 1. The molecule has 0 atom stereocenters. The predicted octanol–water partition coefficient (Wildman–Crippen LogP) is 3.09. The van der Waals surface area contributed by atoms with Crippen LogP contribution in [-0.4, -0.2) is 22.3 Å². The molecule has 0 spiro atoms. The van der Waals surface area contributed by atoms with Gasteiger partial charge in [0.1, 0.15) is 5.75 Å². The van der Waals surface area contributed by atoms with Crippen LogP contribution in [-0.2, 0) is 17.4 Å². The molecule has 128 valence electrons. The average Bonchev–Trinajstić information content (AvgIpc) is 2.93. The fraction of sp³-hybridized carbons (Fsp3) is 0.294. The minimum atomic E-state index is -2.92. The molecular formula is C17H19F2N3O2. The number of amides is 1. The zero-order chi connectivity index (χ0) is 17.7. The van der Waals surface area contributed by atoms with Crippen molar-refractivity contribution in [3.05, 3.63) is 53.9 Å². The van der Waals surface area contributed by atoms with Gasteiger partial charge in [-0.25, -0.2) is 0 Å². The Morgan fingerprint density at radius 3 is 2.71 bits per heavy atom. The van der Waals surface area contributed by atoms with Crippen molar-refractivity contribution in [1.29, 1.82) is 0 Å². The molecule has 24 heavy (non-hydrogen) atoms. The van der Waals surface area contributed by atoms with Gasteiger partial charge in [-0.1, -0.05) is 18.2 Å². The number of nitrogens with zero attached hydrogens (tertiary/aromatic N) is 2. The van der Waals surface area contributed by atoms with E-state index in [0.29, 0.717) is 5.56 Å². The molecule has 1 aromatic carbocycles. The van der Waals surface area contributed by atoms with Crippen LogP contribution in [0.1, 0.15) is 25.0 Å². The molecule has 1 N–H and O–H groups in total. The van der Waals surface area contributed by atoms with Crippen LogP contribution in [0, 0.1) is 0 Å². The molecule has 0 aliphatic carbocycles. The van der Waals surface area contributed by atoms with E-state index in [0.717, 1.165) is 5.56 Å². The first-order valence-corrected chi connectivity index (χ1v) is 7.31. The number of benzene rings is 1. The lowest BCUT2D eigenvalue weighted by Gasteiger charge is -2.24. The van der Waals surface area contributed by atoms with Crippen LogP contribution in [0.4, 0.5) is 8.78 Å². The monoisotopic (exact) mass is 335 g/mol. The standard InChI is InChI=1S/C17H19F2N3O2/c1-17(2,13-10-20-22(3)11-13)21-15(23)9-8-12-6-4-5-7-14(12)24-16(18)19/h4-11,16H,1-3H3,(H,21,23)/b9-8+. The van der Waals surface area contributed by atoms with Crippen LogP contribution in [0.2, 0.25) is 0 Å². The Hall–Kier alpha value is -2.70. The van der Waals surface area contributed by atoms with Gasteiger partial charge in [0.25, 0.3) is 0 Å². The SMILES string of the molecule is Cn1cc(C(C)(C)NC(=O)/C=C/c2ccccc2OC(F)F)cn1. The highest BCUT2D eigenvalue weighted by atomic mass is 19.3. The highest BCUT2D eigenvalue weighted by Crippen LogP contribution is 2.22. The minimum Gasteiger partial charge on any atom is -0.434 e. The Labute approximate surface area is 138 Å². The molecule has 1 heterocycles. The lowest BCUT2D eigenvalue weighted by molar-refractivity contribution is -0.118. The molecule has 0 aliphatic heterocycles. The Bertz CT molecular complexity index is 739. The Morgan fingerprint density at radius 1 is 1.38 bits per heavy atom. The Morgan fingerprint density at radius 2 is 2.08 bits per heavy atom. The molecule has 2 rings (SSSR count). The molecule has 7 heteroatoms. The van der Waals surface area contributed by atoms with E-state index in [1.165, 1.54) is 18.2 Å². The fourth-order valence-corrected chi connectivity index (χ4v) is 2.15. The van der Waals surface area contributed by atoms with Crippen LogP contribution in [0.5, 0.6) is 5.75 Å². The smallest absolute Gasteiger partial charge is 0.387 e. The third-order valence-electron chi connectivity index (χ3n) is 3.41. The summed E-state index contributed by atoms with van der Waals surface area (Å²) in [5.41, 5.74) is 0.634. The molecule has 0 bridgehead atoms. The molecule has 0 saturated heterocycles. The van der Waals surface area contributed by atoms with E-state index in [1.807, 2.05) is 20.0 Å². The zero-order valence-electron chi connectivity index (χ0n) is 13.7. The number of hydrogen-bond acceptors (Lipinski definition) is 3. The van der Waals surface area contributed by atoms with E-state index >= 15 is 0 Å². The van der Waals surface area contributed by atoms with Crippen molar-refractivity contribution in [2.24, 2.45) is 7.05 Å². The number of aryl methyl sites for hydroxylation is 1. The van der Waals surface area contributed by atoms with Crippen molar-refractivity contribution in [3.63, 3.8) is 0 Å². The van der Waals surface area contributed by atoms with Gasteiger partial charge in [-0.15, -0.1) is 0 Å². The molecule has 0 saturated carbocycles. The largest absolute Gasteiger partial charge is 0.434 e. The summed E-state index contributed by atoms with van der Waals surface area (Å²) in [6, 6.07) is 6.27. The quantitative estimate of drug-likeness (QED) is 0.826. The summed E-state index contributed by atoms with van der Waals surface area (Å²) in [7, 11) is 1.79. The number of ether oxygens (including phenoxy) is 1. The van der Waals surface area contributed by atoms with E-state index < -0.39 is 12.2 Å². The minimum absolute atomic E-state index is 0.0167. The van der Waals surface area contributed by atoms with Gasteiger partial charge in [0, 0.05) is 30.4 Å². The van der Waals surface area contributed by atoms with Crippen LogP contribution in [0.15, 0.2) is 42.7 Å². The highest BCUT2D eigenvalue weighted by Gasteiger charge is 2.23. The maximum atomic E-state index is 12.4. The van der Waals surface area contributed by atoms with Gasteiger partial charge in [-0.2, -0.15) is 13.9 Å². The number of rotatable bonds is 6. The lowest BCUT2D eigenvalue weighted by atomic mass is 9.98. The second-order valence-corrected chi connectivity index (χ2v) is 5.77. The van der Waals surface area contributed by atoms with E-state index in [9.17, 15) is 13.6 Å². The Kier molecular flexibility index (Phi) is 5.33. The average molecular weight is 335 g/mol. The maximum Gasteiger partial charge on any atom is 0.387 e. The summed E-state index contributed by atoms with van der Waals surface area (Å²) in [6.45, 7) is 0.783. The summed E-state index contributed by atoms with van der Waals surface area (Å²) in [5.74, 6) is -0.334. The number of carbonyl (C=O) groups excluding carboxylic acids is 1. The number of alkyl halides is 2. The van der Waals surface area contributed by atoms with Crippen molar-refractivity contribution in [1.82, 2.24) is 15.1 Å². The van der Waals surface area contributed by atoms with E-state index in [2.05, 4.69) is 15.2 Å². The normalized spacial score (nSPS) is 11.9. The number of aromatic nitrogens is 2. The third-order valence-corrected chi connectivity index (χ3v) is 3.41. The molecular weight excluding hydrogens is 316 g/mol. The summed E-state index contributed by atoms with van der Waals surface area (Å²) in [5, 5.41) is 6.93. The topological polar surface area (TPSA) is 56.2 Å². The van der Waals surface area contributed by atoms with Gasteiger partial charge >= 0.3 is 6.61 Å². The summed E-state index contributed by atoms with van der Waals surface area (Å²) < 4.78 is 30.8. The lowest BCUT2D eigenvalue weighted by Crippen LogP contribution is -2.39. The first-order chi connectivity index (χ1) is 11.3. The summed E-state index contributed by atoms with van der Waals surface area (Å²) in [6.07, 6.45) is 6.21. The molecule has 2 aromatic rings. The van der Waals surface area contributed by atoms with Crippen molar-refractivity contribution in [2.75, 3.05) is 0 Å². The zero-order valence-corrected chi connectivity index (χ0v) is 13.7. The van der Waals surface area contributed by atoms with E-state index in [1.54, 1.807) is 36.1 Å². The molecule has 0 radical (unpaired) electrons. The van der Waals surface area contributed by atoms with E-state index in [-0.39, 0.29) is 11.7 Å². The van der Waals surface area contributed by atoms with Crippen molar-refractivity contribution >= 4 is 12.0 Å². The maximum absolute atomic E-state index is 12.4. The van der Waals surface area contributed by atoms with E-state index in [4.69, 9.17) is 0 Å². The molecule has 1 aromatic heterocycles. The highest BCUT2D eigenvalue weighted by molar-refractivity contribution is 5.92. The second kappa shape index (κ2) is 7.25. The number of nitrogens with one attached hydrogen (secondary N) is 1. The van der Waals surface area contributed by atoms with Crippen LogP contribution in [0.25, 0.3) is 6.08 Å². The molecule has 0 fully saturated rings. The Balaban J connectivity index is 2.08. The fourth-order valence-electron chi connectivity index (χ4n) is 2.15. The number of halogens is 2. The van der Waals surface area contributed by atoms with Gasteiger partial charge < -0.3 is 10.1 Å². The summed E-state index contributed by atoms with van der Waals surface area (Å²) in [4.78, 5) is 12.1. The van der Waals surface area contributed by atoms with Crippen LogP contribution >= 0.6 is 0 Å². The van der Waals surface area contributed by atoms with Gasteiger partial charge in [0.2, 0.25) is 5.91 Å². The van der Waals surface area contributed by atoms with Gasteiger partial charge in [-0.05, 0) is 26.0 Å². The van der Waals surface area contributed by atoms with Crippen LogP contribution < -0.4 is 10.1 Å². The number of para-hydroxylation sites is 1. The van der Waals surface area contributed by atoms with Crippen LogP contribution in [0.3, 0.4) is 0 Å². The van der Waals surface area contributed by atoms with Crippen molar-refractivity contribution in [3.8, 4) is 5.75 Å². The van der Waals surface area contributed by atoms with Gasteiger partial charge in [0.05, 0.1) is 11.7 Å². The molecule has 1 amide bonds. The van der Waals surface area contributed by atoms with Crippen molar-refractivity contribution in [2.45, 2.75) is 26.0 Å². The number of carbonyl (C=O) groups is 1. The van der Waals surface area contributed by atoms with Gasteiger partial charge in [-0.3, -0.25) is 9.48 Å². The first-order valence-electron chi connectivity index (χ1n) is 7.31. The van der Waals surface area contributed by atoms with Gasteiger partial charge in [0.15, 0.2) is 0 Å². The molecule has 5 nitrogen and oxygen atoms in total. The first kappa shape index (κ1) is 17.7.